The van der Waals surface area contributed by atoms with Gasteiger partial charge in [0, 0.05) is 36.1 Å². The van der Waals surface area contributed by atoms with Crippen LogP contribution < -0.4 is 0 Å². The second kappa shape index (κ2) is 7.60. The molecule has 1 heterocycles. The molecule has 7 heteroatoms. The lowest BCUT2D eigenvalue weighted by molar-refractivity contribution is -0.130. The van der Waals surface area contributed by atoms with Crippen molar-refractivity contribution in [2.45, 2.75) is 13.0 Å². The maximum absolute atomic E-state index is 12.4. The van der Waals surface area contributed by atoms with Crippen molar-refractivity contribution in [1.82, 2.24) is 9.80 Å². The smallest absolute Gasteiger partial charge is 0.261 e. The van der Waals surface area contributed by atoms with E-state index >= 15 is 0 Å². The third-order valence-electron chi connectivity index (χ3n) is 4.24. The average molecular weight is 436 g/mol. The number of hydrogen-bond acceptors (Lipinski definition) is 3. The average Bonchev–Trinajstić information content (AvgIpc) is 2.85. The number of hydrogen-bond donors (Lipinski definition) is 0. The number of rotatable bonds is 5. The van der Waals surface area contributed by atoms with E-state index in [1.165, 1.54) is 0 Å². The summed E-state index contributed by atoms with van der Waals surface area (Å²) in [7, 11) is 1.69. The van der Waals surface area contributed by atoms with Crippen LogP contribution in [-0.4, -0.2) is 41.1 Å². The molecule has 2 aromatic rings. The molecule has 134 valence electrons. The van der Waals surface area contributed by atoms with Crippen molar-refractivity contribution in [3.63, 3.8) is 0 Å². The summed E-state index contributed by atoms with van der Waals surface area (Å²) in [6, 6.07) is 12.2. The second-order valence-corrected chi connectivity index (χ2v) is 7.43. The van der Waals surface area contributed by atoms with Crippen molar-refractivity contribution >= 4 is 45.3 Å². The minimum absolute atomic E-state index is 0.0633. The summed E-state index contributed by atoms with van der Waals surface area (Å²) >= 11 is 9.15. The molecule has 0 saturated carbocycles. The molecule has 1 aliphatic heterocycles. The minimum Gasteiger partial charge on any atom is -0.341 e. The lowest BCUT2D eigenvalue weighted by Crippen LogP contribution is -2.35. The van der Waals surface area contributed by atoms with Gasteiger partial charge in [-0.2, -0.15) is 0 Å². The molecule has 0 N–H and O–H groups in total. The Morgan fingerprint density at radius 2 is 1.73 bits per heavy atom. The van der Waals surface area contributed by atoms with Gasteiger partial charge in [-0.05, 0) is 35.9 Å². The summed E-state index contributed by atoms with van der Waals surface area (Å²) in [6.45, 7) is 0.499. The molecule has 3 rings (SSSR count). The van der Waals surface area contributed by atoms with Crippen LogP contribution in [0.2, 0.25) is 5.02 Å². The summed E-state index contributed by atoms with van der Waals surface area (Å²) in [5.74, 6) is -0.859. The van der Waals surface area contributed by atoms with Crippen LogP contribution in [0, 0.1) is 0 Å². The molecule has 0 atom stereocenters. The number of carbonyl (C=O) groups is 3. The van der Waals surface area contributed by atoms with Gasteiger partial charge in [0.15, 0.2) is 0 Å². The Bertz CT molecular complexity index is 883. The Labute approximate surface area is 164 Å². The highest BCUT2D eigenvalue weighted by atomic mass is 79.9. The van der Waals surface area contributed by atoms with Gasteiger partial charge in [-0.25, -0.2) is 0 Å². The van der Waals surface area contributed by atoms with Gasteiger partial charge < -0.3 is 4.90 Å². The van der Waals surface area contributed by atoms with E-state index in [9.17, 15) is 14.4 Å². The molecule has 5 nitrogen and oxygen atoms in total. The van der Waals surface area contributed by atoms with Crippen LogP contribution in [-0.2, 0) is 11.3 Å². The van der Waals surface area contributed by atoms with E-state index in [1.54, 1.807) is 42.3 Å². The number of imide groups is 1. The van der Waals surface area contributed by atoms with Gasteiger partial charge in [-0.3, -0.25) is 19.3 Å². The molecule has 0 spiro atoms. The topological polar surface area (TPSA) is 57.7 Å². The molecule has 0 saturated heterocycles. The molecule has 3 amide bonds. The predicted octanol–water partition coefficient (Wildman–Crippen LogP) is 3.75. The van der Waals surface area contributed by atoms with Crippen molar-refractivity contribution in [3.05, 3.63) is 68.7 Å². The summed E-state index contributed by atoms with van der Waals surface area (Å²) in [4.78, 5) is 39.8. The lowest BCUT2D eigenvalue weighted by atomic mass is 10.1. The molecule has 0 radical (unpaired) electrons. The second-order valence-electron chi connectivity index (χ2n) is 6.08. The fourth-order valence-corrected chi connectivity index (χ4v) is 3.30. The summed E-state index contributed by atoms with van der Waals surface area (Å²) in [5.41, 5.74) is 1.70. The van der Waals surface area contributed by atoms with Crippen LogP contribution in [0.5, 0.6) is 0 Å². The zero-order chi connectivity index (χ0) is 18.8. The van der Waals surface area contributed by atoms with Crippen LogP contribution in [0.15, 0.2) is 46.9 Å². The Kier molecular flexibility index (Phi) is 5.44. The van der Waals surface area contributed by atoms with E-state index in [1.807, 2.05) is 12.1 Å². The van der Waals surface area contributed by atoms with Gasteiger partial charge in [0.05, 0.1) is 11.1 Å². The maximum atomic E-state index is 12.4. The van der Waals surface area contributed by atoms with E-state index in [2.05, 4.69) is 15.9 Å². The van der Waals surface area contributed by atoms with Crippen LogP contribution >= 0.6 is 27.5 Å². The normalized spacial score (nSPS) is 13.1. The Hall–Kier alpha value is -2.18. The third kappa shape index (κ3) is 3.81. The number of amides is 3. The molecule has 26 heavy (non-hydrogen) atoms. The highest BCUT2D eigenvalue weighted by Crippen LogP contribution is 2.26. The zero-order valence-corrected chi connectivity index (χ0v) is 16.4. The number of fused-ring (bicyclic) bond motifs is 1. The number of nitrogens with zero attached hydrogens (tertiary/aromatic N) is 2. The van der Waals surface area contributed by atoms with Crippen molar-refractivity contribution in [2.24, 2.45) is 0 Å². The zero-order valence-electron chi connectivity index (χ0n) is 14.0. The van der Waals surface area contributed by atoms with Crippen molar-refractivity contribution < 1.29 is 14.4 Å². The van der Waals surface area contributed by atoms with Crippen LogP contribution in [0.4, 0.5) is 0 Å². The van der Waals surface area contributed by atoms with Gasteiger partial charge >= 0.3 is 0 Å². The summed E-state index contributed by atoms with van der Waals surface area (Å²) in [5, 5.41) is 0.639. The fourth-order valence-electron chi connectivity index (χ4n) is 2.82. The molecule has 0 fully saturated rings. The fraction of sp³-hybridized carbons (Fsp3) is 0.211. The first-order chi connectivity index (χ1) is 12.4. The number of carbonyl (C=O) groups excluding carboxylic acids is 3. The number of halogens is 2. The minimum atomic E-state index is -0.362. The summed E-state index contributed by atoms with van der Waals surface area (Å²) in [6.07, 6.45) is 0.0801. The monoisotopic (exact) mass is 434 g/mol. The highest BCUT2D eigenvalue weighted by molar-refractivity contribution is 9.10. The first-order valence-electron chi connectivity index (χ1n) is 8.01. The van der Waals surface area contributed by atoms with Crippen molar-refractivity contribution in [1.29, 1.82) is 0 Å². The van der Waals surface area contributed by atoms with Crippen molar-refractivity contribution in [2.75, 3.05) is 13.6 Å². The molecule has 0 unspecified atom stereocenters. The van der Waals surface area contributed by atoms with E-state index in [-0.39, 0.29) is 30.7 Å². The third-order valence-corrected chi connectivity index (χ3v) is 4.99. The predicted molar refractivity (Wildman–Crippen MR) is 102 cm³/mol. The van der Waals surface area contributed by atoms with Crippen LogP contribution in [0.1, 0.15) is 32.7 Å². The van der Waals surface area contributed by atoms with E-state index < -0.39 is 0 Å². The van der Waals surface area contributed by atoms with Gasteiger partial charge in [0.25, 0.3) is 11.8 Å². The van der Waals surface area contributed by atoms with Gasteiger partial charge in [0.2, 0.25) is 5.91 Å². The Morgan fingerprint density at radius 3 is 2.42 bits per heavy atom. The van der Waals surface area contributed by atoms with Gasteiger partial charge in [-0.15, -0.1) is 0 Å². The van der Waals surface area contributed by atoms with Gasteiger partial charge in [0.1, 0.15) is 0 Å². The van der Waals surface area contributed by atoms with E-state index in [4.69, 9.17) is 11.6 Å². The van der Waals surface area contributed by atoms with Crippen molar-refractivity contribution in [3.8, 4) is 0 Å². The quantitative estimate of drug-likeness (QED) is 0.672. The standard InChI is InChI=1S/C19H16BrClN2O3/c1-22(11-12-2-5-14(21)6-3-12)17(24)8-9-23-18(25)15-7-4-13(20)10-16(15)19(23)26/h2-7,10H,8-9,11H2,1H3. The van der Waals surface area contributed by atoms with Crippen LogP contribution in [0.3, 0.4) is 0 Å². The van der Waals surface area contributed by atoms with E-state index in [0.717, 1.165) is 14.9 Å². The lowest BCUT2D eigenvalue weighted by Gasteiger charge is -2.19. The molecule has 1 aliphatic rings. The number of benzene rings is 2. The molecule has 2 aromatic carbocycles. The summed E-state index contributed by atoms with van der Waals surface area (Å²) < 4.78 is 0.734. The van der Waals surface area contributed by atoms with Gasteiger partial charge in [-0.1, -0.05) is 39.7 Å². The Morgan fingerprint density at radius 1 is 1.08 bits per heavy atom. The first kappa shape index (κ1) is 18.6. The SMILES string of the molecule is CN(Cc1ccc(Cl)cc1)C(=O)CCN1C(=O)c2ccc(Br)cc2C1=O. The highest BCUT2D eigenvalue weighted by Gasteiger charge is 2.35. The Balaban J connectivity index is 1.60. The van der Waals surface area contributed by atoms with E-state index in [0.29, 0.717) is 22.7 Å². The molecule has 0 aliphatic carbocycles. The molecular weight excluding hydrogens is 420 g/mol. The maximum Gasteiger partial charge on any atom is 0.261 e. The molecular formula is C19H16BrClN2O3. The molecule has 0 aromatic heterocycles. The van der Waals surface area contributed by atoms with Crippen LogP contribution in [0.25, 0.3) is 0 Å². The first-order valence-corrected chi connectivity index (χ1v) is 9.18. The largest absolute Gasteiger partial charge is 0.341 e. The molecule has 0 bridgehead atoms.